The second kappa shape index (κ2) is 9.14. The van der Waals surface area contributed by atoms with E-state index in [1.54, 1.807) is 0 Å². The van der Waals surface area contributed by atoms with Gasteiger partial charge in [0.15, 0.2) is 0 Å². The molecule has 0 saturated carbocycles. The van der Waals surface area contributed by atoms with E-state index in [0.717, 1.165) is 47.0 Å². The van der Waals surface area contributed by atoms with Gasteiger partial charge in [0.05, 0.1) is 18.6 Å². The Balaban J connectivity index is 0.00000241. The Morgan fingerprint density at radius 3 is 2.68 bits per heavy atom. The lowest BCUT2D eigenvalue weighted by molar-refractivity contribution is -0.984. The van der Waals surface area contributed by atoms with E-state index in [4.69, 9.17) is 0 Å². The van der Waals surface area contributed by atoms with Crippen LogP contribution in [0.5, 0.6) is 0 Å². The van der Waals surface area contributed by atoms with Gasteiger partial charge in [-0.05, 0) is 40.5 Å². The lowest BCUT2D eigenvalue weighted by atomic mass is 9.71. The molecular weight excluding hydrogens is 440 g/mol. The fraction of sp³-hybridized carbons (Fsp3) is 0.300. The molecule has 3 aromatic carbocycles. The number of nitrogens with zero attached hydrogens (tertiary/aromatic N) is 2. The van der Waals surface area contributed by atoms with Gasteiger partial charge in [0.25, 0.3) is 0 Å². The highest BCUT2D eigenvalue weighted by atomic mass is 35.5. The zero-order valence-corrected chi connectivity index (χ0v) is 20.1. The minimum absolute atomic E-state index is 0. The molecule has 4 aromatic rings. The quantitative estimate of drug-likeness (QED) is 0.359. The number of halogens is 1. The van der Waals surface area contributed by atoms with Crippen molar-refractivity contribution in [3.8, 4) is 0 Å². The topological polar surface area (TPSA) is 33.1 Å². The number of aliphatic hydroxyl groups excluding tert-OH is 1. The molecule has 3 aliphatic heterocycles. The molecule has 1 aromatic heterocycles. The molecule has 0 aliphatic carbocycles. The molecule has 1 unspecified atom stereocenters. The summed E-state index contributed by atoms with van der Waals surface area (Å²) in [7, 11) is 0. The van der Waals surface area contributed by atoms with Gasteiger partial charge in [0.2, 0.25) is 0 Å². The molecule has 0 spiro atoms. The molecule has 0 amide bonds. The van der Waals surface area contributed by atoms with Gasteiger partial charge in [-0.25, -0.2) is 0 Å². The molecule has 3 nitrogen and oxygen atoms in total. The Morgan fingerprint density at radius 1 is 1.03 bits per heavy atom. The molecule has 3 fully saturated rings. The van der Waals surface area contributed by atoms with Crippen molar-refractivity contribution in [1.29, 1.82) is 0 Å². The highest BCUT2D eigenvalue weighted by Crippen LogP contribution is 2.48. The van der Waals surface area contributed by atoms with Crippen molar-refractivity contribution < 1.29 is 22.0 Å². The Hall–Kier alpha value is -2.72. The summed E-state index contributed by atoms with van der Waals surface area (Å²) in [5.74, 6) is 1.14. The Labute approximate surface area is 207 Å². The third-order valence-electron chi connectivity index (χ3n) is 8.35. The number of para-hydroxylation sites is 1. The summed E-state index contributed by atoms with van der Waals surface area (Å²) >= 11 is 0. The first-order valence-electron chi connectivity index (χ1n) is 12.1. The van der Waals surface area contributed by atoms with Gasteiger partial charge >= 0.3 is 0 Å². The number of aromatic nitrogens is 1. The summed E-state index contributed by atoms with van der Waals surface area (Å²) in [6.45, 7) is 7.30. The molecule has 1 N–H and O–H groups in total. The van der Waals surface area contributed by atoms with Gasteiger partial charge in [-0.3, -0.25) is 4.98 Å². The molecule has 7 rings (SSSR count). The SMILES string of the molecule is C=C[C@H]1C[N+]2(Cc3ccc4ccccc4c3)CC[C@H]1C[C@@H]2[C@@H](O)c1ccnc2ccccc12.[Cl-]. The van der Waals surface area contributed by atoms with Gasteiger partial charge in [-0.1, -0.05) is 60.7 Å². The van der Waals surface area contributed by atoms with Crippen molar-refractivity contribution in [2.45, 2.75) is 31.5 Å². The number of hydrogen-bond acceptors (Lipinski definition) is 2. The van der Waals surface area contributed by atoms with E-state index in [1.165, 1.54) is 22.8 Å². The minimum Gasteiger partial charge on any atom is -1.00 e. The molecule has 4 heterocycles. The molecule has 174 valence electrons. The van der Waals surface area contributed by atoms with Crippen LogP contribution >= 0.6 is 0 Å². The highest BCUT2D eigenvalue weighted by Gasteiger charge is 2.53. The lowest BCUT2D eigenvalue weighted by Gasteiger charge is -2.58. The number of aliphatic hydroxyl groups is 1. The number of benzene rings is 3. The van der Waals surface area contributed by atoms with Gasteiger partial charge in [0, 0.05) is 35.9 Å². The summed E-state index contributed by atoms with van der Waals surface area (Å²) in [6.07, 6.45) is 5.76. The third kappa shape index (κ3) is 3.82. The first kappa shape index (κ1) is 23.0. The fourth-order valence-corrected chi connectivity index (χ4v) is 6.67. The lowest BCUT2D eigenvalue weighted by Crippen LogP contribution is -3.00. The molecule has 0 radical (unpaired) electrons. The third-order valence-corrected chi connectivity index (χ3v) is 8.35. The number of hydrogen-bond donors (Lipinski definition) is 1. The minimum atomic E-state index is -0.507. The summed E-state index contributed by atoms with van der Waals surface area (Å²) < 4.78 is 0.934. The molecule has 3 saturated heterocycles. The molecule has 2 bridgehead atoms. The number of pyridine rings is 1. The maximum Gasteiger partial charge on any atom is 0.131 e. The van der Waals surface area contributed by atoms with E-state index in [1.807, 2.05) is 30.5 Å². The van der Waals surface area contributed by atoms with E-state index in [0.29, 0.717) is 11.8 Å². The largest absolute Gasteiger partial charge is 1.00 e. The Kier molecular flexibility index (Phi) is 6.20. The van der Waals surface area contributed by atoms with Crippen molar-refractivity contribution in [2.24, 2.45) is 11.8 Å². The van der Waals surface area contributed by atoms with Crippen molar-refractivity contribution in [1.82, 2.24) is 4.98 Å². The van der Waals surface area contributed by atoms with Crippen LogP contribution in [0.1, 0.15) is 30.1 Å². The monoisotopic (exact) mass is 470 g/mol. The van der Waals surface area contributed by atoms with Crippen molar-refractivity contribution in [3.63, 3.8) is 0 Å². The van der Waals surface area contributed by atoms with Gasteiger partial charge in [-0.15, -0.1) is 6.58 Å². The predicted molar refractivity (Wildman–Crippen MR) is 135 cm³/mol. The van der Waals surface area contributed by atoms with E-state index in [-0.39, 0.29) is 18.4 Å². The number of quaternary nitrogens is 1. The maximum atomic E-state index is 11.9. The van der Waals surface area contributed by atoms with Crippen LogP contribution in [0.15, 0.2) is 91.6 Å². The van der Waals surface area contributed by atoms with Crippen LogP contribution < -0.4 is 12.4 Å². The van der Waals surface area contributed by atoms with Crippen LogP contribution in [0, 0.1) is 11.8 Å². The highest BCUT2D eigenvalue weighted by molar-refractivity contribution is 5.83. The zero-order valence-electron chi connectivity index (χ0n) is 19.4. The van der Waals surface area contributed by atoms with Crippen LogP contribution in [0.3, 0.4) is 0 Å². The van der Waals surface area contributed by atoms with Crippen LogP contribution in [0.4, 0.5) is 0 Å². The summed E-state index contributed by atoms with van der Waals surface area (Å²) in [5, 5.41) is 15.5. The maximum absolute atomic E-state index is 11.9. The average Bonchev–Trinajstić information content (AvgIpc) is 2.87. The predicted octanol–water partition coefficient (Wildman–Crippen LogP) is 3.04. The Bertz CT molecular complexity index is 1330. The van der Waals surface area contributed by atoms with E-state index in [9.17, 15) is 5.11 Å². The van der Waals surface area contributed by atoms with Gasteiger partial charge in [-0.2, -0.15) is 0 Å². The molecule has 3 aliphatic rings. The van der Waals surface area contributed by atoms with Crippen LogP contribution in [-0.2, 0) is 6.54 Å². The molecule has 34 heavy (non-hydrogen) atoms. The van der Waals surface area contributed by atoms with Gasteiger partial charge < -0.3 is 22.0 Å². The zero-order chi connectivity index (χ0) is 22.4. The van der Waals surface area contributed by atoms with Crippen molar-refractivity contribution in [3.05, 3.63) is 103 Å². The summed E-state index contributed by atoms with van der Waals surface area (Å²) in [6, 6.07) is 25.8. The van der Waals surface area contributed by atoms with Crippen LogP contribution in [0.2, 0.25) is 0 Å². The number of rotatable bonds is 5. The second-order valence-electron chi connectivity index (χ2n) is 10.1. The second-order valence-corrected chi connectivity index (χ2v) is 10.1. The Morgan fingerprint density at radius 2 is 1.82 bits per heavy atom. The molecule has 4 heteroatoms. The van der Waals surface area contributed by atoms with Crippen LogP contribution in [0.25, 0.3) is 21.7 Å². The summed E-state index contributed by atoms with van der Waals surface area (Å²) in [5.41, 5.74) is 3.33. The van der Waals surface area contributed by atoms with Crippen molar-refractivity contribution >= 4 is 21.7 Å². The van der Waals surface area contributed by atoms with E-state index in [2.05, 4.69) is 66.2 Å². The number of fused-ring (bicyclic) bond motifs is 5. The standard InChI is InChI=1S/C30H31N2O.ClH/c1-2-22-20-32(19-21-11-12-23-7-3-4-8-24(23)17-21)16-14-25(22)18-29(32)30(33)27-13-15-31-28-10-6-5-9-26(27)28;/h2-13,15,17,22,25,29-30,33H,1,14,16,18-20H2;1H/q+1;/p-1/t22-,25-,29+,30-,32?;/m0./s1. The van der Waals surface area contributed by atoms with Crippen molar-refractivity contribution in [2.75, 3.05) is 13.1 Å². The van der Waals surface area contributed by atoms with E-state index < -0.39 is 6.10 Å². The first-order chi connectivity index (χ1) is 16.2. The van der Waals surface area contributed by atoms with Gasteiger partial charge in [0.1, 0.15) is 18.7 Å². The smallest absolute Gasteiger partial charge is 0.131 e. The van der Waals surface area contributed by atoms with E-state index >= 15 is 0 Å². The van der Waals surface area contributed by atoms with Crippen LogP contribution in [-0.4, -0.2) is 33.7 Å². The first-order valence-corrected chi connectivity index (χ1v) is 12.1. The number of piperidine rings is 3. The summed E-state index contributed by atoms with van der Waals surface area (Å²) in [4.78, 5) is 4.53. The molecule has 5 atom stereocenters. The normalized spacial score (nSPS) is 26.8. The molecular formula is C30H31ClN2O. The average molecular weight is 471 g/mol. The fourth-order valence-electron chi connectivity index (χ4n) is 6.67.